The van der Waals surface area contributed by atoms with Gasteiger partial charge in [-0.15, -0.1) is 0 Å². The summed E-state index contributed by atoms with van der Waals surface area (Å²) in [6, 6.07) is 16.3. The number of benzene rings is 4. The van der Waals surface area contributed by atoms with Gasteiger partial charge in [-0.25, -0.2) is 8.96 Å². The molecule has 1 aliphatic heterocycles. The van der Waals surface area contributed by atoms with Crippen LogP contribution < -0.4 is 9.30 Å². The zero-order valence-corrected chi connectivity index (χ0v) is 22.0. The average molecular weight is 479 g/mol. The number of hydrogen-bond donors (Lipinski definition) is 0. The number of halogens is 1. The molecule has 0 fully saturated rings. The summed E-state index contributed by atoms with van der Waals surface area (Å²) < 4.78 is 24.1. The van der Waals surface area contributed by atoms with E-state index in [0.29, 0.717) is 17.2 Å². The third-order valence-electron chi connectivity index (χ3n) is 7.57. The van der Waals surface area contributed by atoms with E-state index in [-0.39, 0.29) is 5.82 Å². The van der Waals surface area contributed by atoms with Crippen LogP contribution in [0.5, 0.6) is 11.5 Å². The minimum atomic E-state index is -0.196. The molecule has 0 bridgehead atoms. The van der Waals surface area contributed by atoms with Crippen molar-refractivity contribution < 1.29 is 13.7 Å². The Kier molecular flexibility index (Phi) is 5.29. The van der Waals surface area contributed by atoms with E-state index < -0.39 is 0 Å². The Balaban J connectivity index is 1.77. The molecule has 0 spiro atoms. The van der Waals surface area contributed by atoms with Crippen LogP contribution in [0.4, 0.5) is 4.39 Å². The first-order valence-electron chi connectivity index (χ1n) is 13.0. The van der Waals surface area contributed by atoms with Crippen LogP contribution in [0.3, 0.4) is 0 Å². The molecule has 2 heterocycles. The minimum Gasteiger partial charge on any atom is -0.455 e. The van der Waals surface area contributed by atoms with Crippen molar-refractivity contribution in [2.24, 2.45) is 18.9 Å². The number of rotatable bonds is 4. The summed E-state index contributed by atoms with van der Waals surface area (Å²) in [4.78, 5) is 0. The number of aromatic nitrogens is 1. The number of ether oxygens (including phenoxy) is 1. The topological polar surface area (TPSA) is 13.1 Å². The Bertz CT molecular complexity index is 1700. The molecule has 0 N–H and O–H groups in total. The molecular weight excluding hydrogens is 445 g/mol. The van der Waals surface area contributed by atoms with Gasteiger partial charge >= 0.3 is 0 Å². The monoisotopic (exact) mass is 478 g/mol. The first-order chi connectivity index (χ1) is 17.2. The maximum atomic E-state index is 15.1. The van der Waals surface area contributed by atoms with Gasteiger partial charge in [0.05, 0.1) is 10.9 Å². The van der Waals surface area contributed by atoms with E-state index in [2.05, 4.69) is 70.6 Å². The Morgan fingerprint density at radius 1 is 0.861 bits per heavy atom. The van der Waals surface area contributed by atoms with Gasteiger partial charge in [0.15, 0.2) is 6.20 Å². The van der Waals surface area contributed by atoms with Gasteiger partial charge in [0.2, 0.25) is 5.69 Å². The molecule has 3 heteroatoms. The van der Waals surface area contributed by atoms with Gasteiger partial charge in [-0.1, -0.05) is 58.0 Å². The first kappa shape index (κ1) is 23.0. The maximum absolute atomic E-state index is 15.1. The molecule has 4 aromatic carbocycles. The third-order valence-corrected chi connectivity index (χ3v) is 7.57. The second-order valence-corrected chi connectivity index (χ2v) is 11.3. The van der Waals surface area contributed by atoms with Crippen LogP contribution in [0.25, 0.3) is 43.6 Å². The number of pyridine rings is 1. The fourth-order valence-electron chi connectivity index (χ4n) is 6.11. The highest BCUT2D eigenvalue weighted by atomic mass is 19.1. The molecule has 182 valence electrons. The van der Waals surface area contributed by atoms with Gasteiger partial charge in [0.1, 0.15) is 24.4 Å². The second kappa shape index (κ2) is 8.30. The molecule has 0 aliphatic carbocycles. The summed E-state index contributed by atoms with van der Waals surface area (Å²) in [7, 11) is 2.08. The number of fused-ring (bicyclic) bond motifs is 5. The molecule has 0 unspecified atom stereocenters. The zero-order valence-electron chi connectivity index (χ0n) is 22.0. The zero-order chi connectivity index (χ0) is 25.3. The molecule has 2 nitrogen and oxygen atoms in total. The molecule has 36 heavy (non-hydrogen) atoms. The molecule has 1 aliphatic rings. The van der Waals surface area contributed by atoms with Crippen molar-refractivity contribution in [3.63, 3.8) is 0 Å². The average Bonchev–Trinajstić information content (AvgIpc) is 2.82. The predicted molar refractivity (Wildman–Crippen MR) is 147 cm³/mol. The van der Waals surface area contributed by atoms with Crippen molar-refractivity contribution in [2.45, 2.75) is 47.5 Å². The molecule has 6 rings (SSSR count). The molecular formula is C33H33FNO+. The Morgan fingerprint density at radius 3 is 2.39 bits per heavy atom. The SMILES string of the molecule is Cc1c2c(c(CC(C)C)c3ccc(CC(C)C)cc13)Oc1cc3cccc(F)c3c3cc[n+](C)c-2c13. The first-order valence-corrected chi connectivity index (χ1v) is 13.0. The summed E-state index contributed by atoms with van der Waals surface area (Å²) in [5.41, 5.74) is 6.09. The lowest BCUT2D eigenvalue weighted by Gasteiger charge is -2.26. The molecule has 5 aromatic rings. The predicted octanol–water partition coefficient (Wildman–Crippen LogP) is 8.59. The second-order valence-electron chi connectivity index (χ2n) is 11.3. The molecule has 0 saturated carbocycles. The summed E-state index contributed by atoms with van der Waals surface area (Å²) in [5, 5.41) is 5.97. The summed E-state index contributed by atoms with van der Waals surface area (Å²) in [5.74, 6) is 2.65. The fourth-order valence-corrected chi connectivity index (χ4v) is 6.11. The highest BCUT2D eigenvalue weighted by Crippen LogP contribution is 2.52. The van der Waals surface area contributed by atoms with Crippen LogP contribution in [0.15, 0.2) is 54.7 Å². The highest BCUT2D eigenvalue weighted by Gasteiger charge is 2.34. The normalized spacial score (nSPS) is 12.7. The van der Waals surface area contributed by atoms with Gasteiger partial charge in [-0.05, 0) is 71.0 Å². The van der Waals surface area contributed by atoms with E-state index in [4.69, 9.17) is 4.74 Å². The lowest BCUT2D eigenvalue weighted by atomic mass is 9.84. The van der Waals surface area contributed by atoms with Crippen LogP contribution >= 0.6 is 0 Å². The van der Waals surface area contributed by atoms with E-state index >= 15 is 4.39 Å². The highest BCUT2D eigenvalue weighted by molar-refractivity contribution is 6.16. The molecule has 0 radical (unpaired) electrons. The lowest BCUT2D eigenvalue weighted by Crippen LogP contribution is -2.32. The van der Waals surface area contributed by atoms with Crippen LogP contribution in [-0.4, -0.2) is 0 Å². The Morgan fingerprint density at radius 2 is 1.64 bits per heavy atom. The quantitative estimate of drug-likeness (QED) is 0.183. The molecule has 1 aromatic heterocycles. The summed E-state index contributed by atoms with van der Waals surface area (Å²) in [6.45, 7) is 11.3. The van der Waals surface area contributed by atoms with Crippen molar-refractivity contribution >= 4 is 32.3 Å². The summed E-state index contributed by atoms with van der Waals surface area (Å²) >= 11 is 0. The third kappa shape index (κ3) is 3.40. The van der Waals surface area contributed by atoms with Crippen molar-refractivity contribution in [1.29, 1.82) is 0 Å². The van der Waals surface area contributed by atoms with Crippen LogP contribution in [0.1, 0.15) is 44.4 Å². The maximum Gasteiger partial charge on any atom is 0.228 e. The van der Waals surface area contributed by atoms with Gasteiger partial charge in [0, 0.05) is 22.4 Å². The van der Waals surface area contributed by atoms with Crippen LogP contribution in [0, 0.1) is 24.6 Å². The van der Waals surface area contributed by atoms with Gasteiger partial charge < -0.3 is 4.74 Å². The fraction of sp³-hybridized carbons (Fsp3) is 0.303. The lowest BCUT2D eigenvalue weighted by molar-refractivity contribution is -0.659. The smallest absolute Gasteiger partial charge is 0.228 e. The number of hydrogen-bond acceptors (Lipinski definition) is 1. The minimum absolute atomic E-state index is 0.196. The summed E-state index contributed by atoms with van der Waals surface area (Å²) in [6.07, 6.45) is 4.04. The van der Waals surface area contributed by atoms with E-state index in [1.807, 2.05) is 18.2 Å². The largest absolute Gasteiger partial charge is 0.455 e. The van der Waals surface area contributed by atoms with Crippen molar-refractivity contribution in [3.05, 3.63) is 77.2 Å². The van der Waals surface area contributed by atoms with Crippen molar-refractivity contribution in [3.8, 4) is 22.8 Å². The number of aryl methyl sites for hydroxylation is 2. The van der Waals surface area contributed by atoms with Crippen molar-refractivity contribution in [2.75, 3.05) is 0 Å². The van der Waals surface area contributed by atoms with Crippen molar-refractivity contribution in [1.82, 2.24) is 0 Å². The van der Waals surface area contributed by atoms with Gasteiger partial charge in [0.25, 0.3) is 0 Å². The number of nitrogens with zero attached hydrogens (tertiary/aromatic N) is 1. The molecule has 0 saturated heterocycles. The van der Waals surface area contributed by atoms with Gasteiger partial charge in [-0.3, -0.25) is 0 Å². The van der Waals surface area contributed by atoms with Gasteiger partial charge in [-0.2, -0.15) is 0 Å². The van der Waals surface area contributed by atoms with E-state index in [1.165, 1.54) is 27.5 Å². The standard InChI is InChI=1S/C33H33FNO/c1-18(2)14-21-10-11-23-25(16-21)20(5)29-32-31-24(12-13-35(32)6)30-22(8-7-9-27(30)34)17-28(31)36-33(29)26(23)15-19(3)4/h7-13,16-19H,14-15H2,1-6H3/q+1. The Hall–Kier alpha value is -3.46. The Labute approximate surface area is 212 Å². The van der Waals surface area contributed by atoms with E-state index in [0.717, 1.165) is 51.8 Å². The van der Waals surface area contributed by atoms with E-state index in [1.54, 1.807) is 12.1 Å². The van der Waals surface area contributed by atoms with E-state index in [9.17, 15) is 0 Å². The van der Waals surface area contributed by atoms with Crippen LogP contribution in [0.2, 0.25) is 0 Å². The molecule has 0 atom stereocenters. The molecule has 0 amide bonds. The van der Waals surface area contributed by atoms with Crippen LogP contribution in [-0.2, 0) is 19.9 Å².